The molecule has 0 spiro atoms. The molecule has 23 nitrogen and oxygen atoms in total. The highest BCUT2D eigenvalue weighted by Crippen LogP contribution is 2.20. The lowest BCUT2D eigenvalue weighted by molar-refractivity contribution is -0.142. The molecule has 0 aliphatic heterocycles. The van der Waals surface area contributed by atoms with Gasteiger partial charge in [0.25, 0.3) is 0 Å². The summed E-state index contributed by atoms with van der Waals surface area (Å²) in [6, 6.07) is 1.67. The normalized spacial score (nSPS) is 14.3. The topological polar surface area (TPSA) is 397 Å². The van der Waals surface area contributed by atoms with Crippen molar-refractivity contribution < 1.29 is 63.3 Å². The minimum Gasteiger partial charge on any atom is -0.508 e. The largest absolute Gasteiger partial charge is 0.508 e. The molecule has 0 saturated heterocycles. The van der Waals surface area contributed by atoms with Gasteiger partial charge in [0, 0.05) is 36.4 Å². The van der Waals surface area contributed by atoms with Gasteiger partial charge in [-0.15, -0.1) is 0 Å². The van der Waals surface area contributed by atoms with Crippen molar-refractivity contribution in [2.45, 2.75) is 121 Å². The number of aromatic nitrogens is 1. The minimum absolute atomic E-state index is 0.00205. The molecule has 0 radical (unpaired) electrons. The molecule has 0 saturated carbocycles. The van der Waals surface area contributed by atoms with Crippen molar-refractivity contribution >= 4 is 70.1 Å². The molecule has 0 aliphatic rings. The molecule has 2 aromatic carbocycles. The predicted octanol–water partition coefficient (Wildman–Crippen LogP) is -1.31. The van der Waals surface area contributed by atoms with Crippen LogP contribution in [0.1, 0.15) is 77.3 Å². The molecule has 0 aliphatic carbocycles. The third kappa shape index (κ3) is 18.0. The van der Waals surface area contributed by atoms with Gasteiger partial charge in [0.2, 0.25) is 47.3 Å². The maximum Gasteiger partial charge on any atom is 0.326 e. The molecule has 1 heterocycles. The number of phenolic OH excluding ortho intramolecular Hbond substituents is 1. The Hall–Kier alpha value is -7.56. The number of carboxylic acids is 2. The summed E-state index contributed by atoms with van der Waals surface area (Å²) in [6.45, 7) is 7.07. The van der Waals surface area contributed by atoms with Crippen molar-refractivity contribution in [3.8, 4) is 5.75 Å². The van der Waals surface area contributed by atoms with Crippen LogP contribution in [0.4, 0.5) is 0 Å². The number of benzene rings is 2. The molecule has 0 bridgehead atoms. The van der Waals surface area contributed by atoms with Gasteiger partial charge in [-0.05, 0) is 60.4 Å². The summed E-state index contributed by atoms with van der Waals surface area (Å²) < 4.78 is 0. The van der Waals surface area contributed by atoms with Crippen molar-refractivity contribution in [3.05, 3.63) is 65.9 Å². The molecule has 370 valence electrons. The second-order valence-corrected chi connectivity index (χ2v) is 17.3. The van der Waals surface area contributed by atoms with Crippen molar-refractivity contribution in [2.75, 3.05) is 0 Å². The van der Waals surface area contributed by atoms with Crippen LogP contribution >= 0.6 is 0 Å². The minimum atomic E-state index is -1.99. The molecule has 3 rings (SSSR count). The van der Waals surface area contributed by atoms with E-state index in [1.165, 1.54) is 24.3 Å². The second kappa shape index (κ2) is 26.0. The molecule has 0 unspecified atom stereocenters. The maximum atomic E-state index is 14.0. The van der Waals surface area contributed by atoms with Crippen LogP contribution in [-0.4, -0.2) is 122 Å². The van der Waals surface area contributed by atoms with E-state index in [-0.39, 0.29) is 56.1 Å². The van der Waals surface area contributed by atoms with E-state index in [1.54, 1.807) is 44.3 Å². The summed E-state index contributed by atoms with van der Waals surface area (Å²) in [5.41, 5.74) is 18.4. The van der Waals surface area contributed by atoms with Gasteiger partial charge in [0.05, 0.1) is 18.9 Å². The predicted molar refractivity (Wildman–Crippen MR) is 244 cm³/mol. The average molecular weight is 951 g/mol. The highest BCUT2D eigenvalue weighted by Gasteiger charge is 2.35. The number of amides is 8. The molecule has 8 amide bonds. The van der Waals surface area contributed by atoms with Crippen LogP contribution in [0, 0.1) is 11.8 Å². The molecule has 7 atom stereocenters. The fraction of sp³-hybridized carbons (Fsp3) is 0.467. The zero-order chi connectivity index (χ0) is 50.8. The van der Waals surface area contributed by atoms with Gasteiger partial charge in [0.1, 0.15) is 42.0 Å². The number of nitrogens with one attached hydrogen (secondary N) is 7. The van der Waals surface area contributed by atoms with Crippen LogP contribution in [0.25, 0.3) is 10.9 Å². The van der Waals surface area contributed by atoms with Gasteiger partial charge < -0.3 is 69.4 Å². The van der Waals surface area contributed by atoms with Gasteiger partial charge in [-0.25, -0.2) is 4.79 Å². The monoisotopic (exact) mass is 950 g/mol. The van der Waals surface area contributed by atoms with Crippen LogP contribution in [0.5, 0.6) is 5.75 Å². The van der Waals surface area contributed by atoms with Crippen LogP contribution in [-0.2, 0) is 60.8 Å². The Bertz CT molecular complexity index is 2300. The Morgan fingerprint density at radius 1 is 0.574 bits per heavy atom. The number of primary amides is 2. The number of H-pyrrole nitrogens is 1. The first-order valence-corrected chi connectivity index (χ1v) is 21.9. The standard InChI is InChI=1S/C45H62N10O13/c1-22(2)15-28(46)39(61)50-30(13-14-36(47)57)40(62)52-32(17-24-9-11-26(56)12-10-24)42(64)54-34(20-38(59)60)44(66)53-33(19-37(48)58)43(65)51-31(16-23(3)4)41(63)55-35(45(67)68)18-25-21-49-29-8-6-5-7-27(25)29/h5-12,21-23,28,30-35,49,56H,13-20,46H2,1-4H3,(H2,47,57)(H2,48,58)(H,50,61)(H,51,65)(H,52,62)(H,53,66)(H,54,64)(H,55,63)(H,59,60)(H,67,68)/t28-,30-,31-,32-,33-,34-,35-/m0/s1. The van der Waals surface area contributed by atoms with Gasteiger partial charge in [0.15, 0.2) is 0 Å². The summed E-state index contributed by atoms with van der Waals surface area (Å²) in [5.74, 6) is -11.5. The van der Waals surface area contributed by atoms with Gasteiger partial charge >= 0.3 is 11.9 Å². The summed E-state index contributed by atoms with van der Waals surface area (Å²) >= 11 is 0. The first-order valence-electron chi connectivity index (χ1n) is 21.9. The van der Waals surface area contributed by atoms with Gasteiger partial charge in [-0.3, -0.25) is 43.2 Å². The molecule has 1 aromatic heterocycles. The van der Waals surface area contributed by atoms with E-state index in [9.17, 15) is 63.3 Å². The zero-order valence-corrected chi connectivity index (χ0v) is 38.2. The molecular weight excluding hydrogens is 889 g/mol. The Morgan fingerprint density at radius 2 is 1.07 bits per heavy atom. The van der Waals surface area contributed by atoms with Crippen LogP contribution < -0.4 is 49.1 Å². The van der Waals surface area contributed by atoms with E-state index in [4.69, 9.17) is 17.2 Å². The third-order valence-electron chi connectivity index (χ3n) is 10.5. The number of carbonyl (C=O) groups excluding carboxylic acids is 8. The lowest BCUT2D eigenvalue weighted by atomic mass is 10.0. The number of hydrogen-bond donors (Lipinski definition) is 13. The molecular formula is C45H62N10O13. The number of hydrogen-bond acceptors (Lipinski definition) is 12. The highest BCUT2D eigenvalue weighted by atomic mass is 16.4. The van der Waals surface area contributed by atoms with E-state index in [1.807, 2.05) is 13.8 Å². The zero-order valence-electron chi connectivity index (χ0n) is 38.2. The number of carboxylic acid groups (broad SMARTS) is 2. The third-order valence-corrected chi connectivity index (χ3v) is 10.5. The van der Waals surface area contributed by atoms with E-state index >= 15 is 0 Å². The number of aliphatic carboxylic acids is 2. The maximum absolute atomic E-state index is 14.0. The van der Waals surface area contributed by atoms with Gasteiger partial charge in [-0.1, -0.05) is 58.0 Å². The number of aromatic amines is 1. The van der Waals surface area contributed by atoms with Crippen molar-refractivity contribution in [1.29, 1.82) is 0 Å². The van der Waals surface area contributed by atoms with Crippen molar-refractivity contribution in [3.63, 3.8) is 0 Å². The smallest absolute Gasteiger partial charge is 0.326 e. The average Bonchev–Trinajstić information content (AvgIpc) is 3.65. The summed E-state index contributed by atoms with van der Waals surface area (Å²) in [6.07, 6.45) is -1.32. The lowest BCUT2D eigenvalue weighted by Crippen LogP contribution is -2.60. The fourth-order valence-corrected chi connectivity index (χ4v) is 7.11. The fourth-order valence-electron chi connectivity index (χ4n) is 7.11. The highest BCUT2D eigenvalue weighted by molar-refractivity contribution is 5.99. The number of phenols is 1. The number of nitrogens with two attached hydrogens (primary N) is 3. The SMILES string of the molecule is CC(C)C[C@H](NC(=O)[C@H](CC(N)=O)NC(=O)[C@H](CC(=O)O)NC(=O)[C@H](Cc1ccc(O)cc1)NC(=O)[C@H](CCC(N)=O)NC(=O)[C@@H](N)CC(C)C)C(=O)N[C@@H](Cc1c[nH]c2ccccc12)C(=O)O. The quantitative estimate of drug-likeness (QED) is 0.0402. The molecule has 16 N–H and O–H groups in total. The number of para-hydroxylation sites is 1. The van der Waals surface area contributed by atoms with Crippen LogP contribution in [0.3, 0.4) is 0 Å². The first kappa shape index (κ1) is 54.8. The Balaban J connectivity index is 1.88. The Labute approximate surface area is 391 Å². The summed E-state index contributed by atoms with van der Waals surface area (Å²) in [5, 5.41) is 44.7. The molecule has 3 aromatic rings. The second-order valence-electron chi connectivity index (χ2n) is 17.3. The summed E-state index contributed by atoms with van der Waals surface area (Å²) in [7, 11) is 0. The molecule has 68 heavy (non-hydrogen) atoms. The Morgan fingerprint density at radius 3 is 1.63 bits per heavy atom. The Kier molecular flexibility index (Phi) is 20.9. The van der Waals surface area contributed by atoms with Crippen LogP contribution in [0.2, 0.25) is 0 Å². The van der Waals surface area contributed by atoms with E-state index in [0.717, 1.165) is 10.9 Å². The van der Waals surface area contributed by atoms with E-state index in [2.05, 4.69) is 36.9 Å². The first-order chi connectivity index (χ1) is 31.9. The van der Waals surface area contributed by atoms with Crippen LogP contribution in [0.15, 0.2) is 54.7 Å². The number of carbonyl (C=O) groups is 10. The van der Waals surface area contributed by atoms with Crippen molar-refractivity contribution in [2.24, 2.45) is 29.0 Å². The van der Waals surface area contributed by atoms with E-state index in [0.29, 0.717) is 11.1 Å². The van der Waals surface area contributed by atoms with Crippen molar-refractivity contribution in [1.82, 2.24) is 36.9 Å². The van der Waals surface area contributed by atoms with E-state index < -0.39 is 114 Å². The lowest BCUT2D eigenvalue weighted by Gasteiger charge is -2.27. The summed E-state index contributed by atoms with van der Waals surface area (Å²) in [4.78, 5) is 134. The number of rotatable bonds is 28. The molecule has 0 fully saturated rings. The van der Waals surface area contributed by atoms with Gasteiger partial charge in [-0.2, -0.15) is 0 Å². The number of fused-ring (bicyclic) bond motifs is 1. The number of aromatic hydroxyl groups is 1. The molecule has 23 heteroatoms.